The van der Waals surface area contributed by atoms with Gasteiger partial charge in [-0.25, -0.2) is 9.78 Å². The lowest BCUT2D eigenvalue weighted by atomic mass is 9.98. The number of aromatic nitrogens is 2. The van der Waals surface area contributed by atoms with Gasteiger partial charge in [0, 0.05) is 17.4 Å². The van der Waals surface area contributed by atoms with Gasteiger partial charge < -0.3 is 5.32 Å². The molecule has 0 unspecified atom stereocenters. The Morgan fingerprint density at radius 2 is 1.72 bits per heavy atom. The summed E-state index contributed by atoms with van der Waals surface area (Å²) in [7, 11) is 0. The second kappa shape index (κ2) is 7.77. The molecule has 0 bridgehead atoms. The van der Waals surface area contributed by atoms with E-state index in [4.69, 9.17) is 11.6 Å². The average Bonchev–Trinajstić information content (AvgIpc) is 2.63. The molecule has 3 rings (SSSR count). The number of halogens is 1. The molecule has 2 aromatic carbocycles. The van der Waals surface area contributed by atoms with Gasteiger partial charge in [0.2, 0.25) is 5.91 Å². The van der Waals surface area contributed by atoms with Crippen molar-refractivity contribution in [2.75, 3.05) is 0 Å². The third-order valence-corrected chi connectivity index (χ3v) is 3.99. The number of nitrogens with zero attached hydrogens (tertiary/aromatic N) is 2. The van der Waals surface area contributed by atoms with Gasteiger partial charge in [0.1, 0.15) is 6.54 Å². The minimum atomic E-state index is -0.458. The van der Waals surface area contributed by atoms with E-state index in [1.165, 1.54) is 17.0 Å². The van der Waals surface area contributed by atoms with Crippen molar-refractivity contribution in [2.45, 2.75) is 12.6 Å². The molecule has 5 nitrogen and oxygen atoms in total. The van der Waals surface area contributed by atoms with Gasteiger partial charge in [-0.2, -0.15) is 0 Å². The van der Waals surface area contributed by atoms with Crippen LogP contribution in [0, 0.1) is 0 Å². The Balaban J connectivity index is 1.85. The molecule has 0 saturated heterocycles. The number of hydrogen-bond donors (Lipinski definition) is 1. The Kier molecular flexibility index (Phi) is 5.26. The minimum absolute atomic E-state index is 0.0937. The van der Waals surface area contributed by atoms with Crippen molar-refractivity contribution in [2.24, 2.45) is 0 Å². The highest BCUT2D eigenvalue weighted by Crippen LogP contribution is 2.23. The molecule has 126 valence electrons. The SMILES string of the molecule is O=C(Cn1cccnc1=O)N[C@H](c1ccccc1)c1ccc(Cl)cc1. The number of nitrogens with one attached hydrogen (secondary N) is 1. The Morgan fingerprint density at radius 3 is 2.40 bits per heavy atom. The van der Waals surface area contributed by atoms with Crippen LogP contribution in [-0.2, 0) is 11.3 Å². The van der Waals surface area contributed by atoms with Gasteiger partial charge in [-0.15, -0.1) is 0 Å². The van der Waals surface area contributed by atoms with E-state index in [2.05, 4.69) is 10.3 Å². The van der Waals surface area contributed by atoms with Crippen LogP contribution in [0.3, 0.4) is 0 Å². The van der Waals surface area contributed by atoms with Crippen molar-refractivity contribution >= 4 is 17.5 Å². The lowest BCUT2D eigenvalue weighted by Gasteiger charge is -2.20. The van der Waals surface area contributed by atoms with Crippen molar-refractivity contribution in [3.8, 4) is 0 Å². The van der Waals surface area contributed by atoms with Crippen LogP contribution in [0.25, 0.3) is 0 Å². The van der Waals surface area contributed by atoms with Crippen LogP contribution in [0.1, 0.15) is 17.2 Å². The van der Waals surface area contributed by atoms with Crippen molar-refractivity contribution in [3.05, 3.63) is 99.7 Å². The highest BCUT2D eigenvalue weighted by Gasteiger charge is 2.17. The lowest BCUT2D eigenvalue weighted by Crippen LogP contribution is -2.35. The molecule has 0 aliphatic carbocycles. The van der Waals surface area contributed by atoms with Crippen molar-refractivity contribution < 1.29 is 4.79 Å². The van der Waals surface area contributed by atoms with Gasteiger partial charge in [-0.05, 0) is 29.3 Å². The molecule has 1 heterocycles. The maximum atomic E-state index is 12.5. The summed E-state index contributed by atoms with van der Waals surface area (Å²) < 4.78 is 1.26. The molecule has 25 heavy (non-hydrogen) atoms. The summed E-state index contributed by atoms with van der Waals surface area (Å²) in [5.41, 5.74) is 1.39. The number of amides is 1. The van der Waals surface area contributed by atoms with E-state index >= 15 is 0 Å². The van der Waals surface area contributed by atoms with Crippen LogP contribution in [0.4, 0.5) is 0 Å². The zero-order valence-electron chi connectivity index (χ0n) is 13.3. The van der Waals surface area contributed by atoms with Crippen LogP contribution in [-0.4, -0.2) is 15.5 Å². The number of carbonyl (C=O) groups excluding carboxylic acids is 1. The number of benzene rings is 2. The predicted octanol–water partition coefficient (Wildman–Crippen LogP) is 2.80. The first-order valence-electron chi connectivity index (χ1n) is 7.75. The fourth-order valence-electron chi connectivity index (χ4n) is 2.53. The second-order valence-electron chi connectivity index (χ2n) is 5.49. The van der Waals surface area contributed by atoms with Crippen LogP contribution >= 0.6 is 11.6 Å². The summed E-state index contributed by atoms with van der Waals surface area (Å²) in [6.45, 7) is -0.0937. The van der Waals surface area contributed by atoms with Crippen LogP contribution in [0.5, 0.6) is 0 Å². The molecule has 1 amide bonds. The largest absolute Gasteiger partial charge is 0.347 e. The smallest absolute Gasteiger partial charge is 0.344 e. The first-order chi connectivity index (χ1) is 12.1. The Labute approximate surface area is 149 Å². The molecule has 0 saturated carbocycles. The van der Waals surface area contributed by atoms with E-state index in [1.54, 1.807) is 18.2 Å². The molecule has 0 radical (unpaired) electrons. The van der Waals surface area contributed by atoms with Crippen molar-refractivity contribution in [1.82, 2.24) is 14.9 Å². The number of carbonyl (C=O) groups is 1. The van der Waals surface area contributed by atoms with Crippen LogP contribution < -0.4 is 11.0 Å². The highest BCUT2D eigenvalue weighted by molar-refractivity contribution is 6.30. The topological polar surface area (TPSA) is 64.0 Å². The molecule has 0 fully saturated rings. The molecule has 1 N–H and O–H groups in total. The third kappa shape index (κ3) is 4.33. The molecule has 0 aliphatic heterocycles. The molecule has 0 spiro atoms. The van der Waals surface area contributed by atoms with Gasteiger partial charge in [-0.3, -0.25) is 9.36 Å². The predicted molar refractivity (Wildman–Crippen MR) is 96.4 cm³/mol. The Bertz CT molecular complexity index is 908. The molecule has 6 heteroatoms. The molecule has 1 aromatic heterocycles. The molecule has 0 aliphatic rings. The molecular weight excluding hydrogens is 338 g/mol. The van der Waals surface area contributed by atoms with Crippen molar-refractivity contribution in [3.63, 3.8) is 0 Å². The average molecular weight is 354 g/mol. The van der Waals surface area contributed by atoms with E-state index in [1.807, 2.05) is 42.5 Å². The van der Waals surface area contributed by atoms with Gasteiger partial charge in [0.05, 0.1) is 6.04 Å². The monoisotopic (exact) mass is 353 g/mol. The van der Waals surface area contributed by atoms with Crippen LogP contribution in [0.15, 0.2) is 77.9 Å². The summed E-state index contributed by atoms with van der Waals surface area (Å²) in [6.07, 6.45) is 2.94. The maximum Gasteiger partial charge on any atom is 0.347 e. The number of hydrogen-bond acceptors (Lipinski definition) is 3. The van der Waals surface area contributed by atoms with Crippen molar-refractivity contribution in [1.29, 1.82) is 0 Å². The van der Waals surface area contributed by atoms with E-state index in [0.717, 1.165) is 11.1 Å². The summed E-state index contributed by atoms with van der Waals surface area (Å²) in [6, 6.07) is 18.2. The summed E-state index contributed by atoms with van der Waals surface area (Å²) in [5, 5.41) is 3.60. The standard InChI is InChI=1S/C19H16ClN3O2/c20-16-9-7-15(8-10-16)18(14-5-2-1-3-6-14)22-17(24)13-23-12-4-11-21-19(23)25/h1-12,18H,13H2,(H,22,24)/t18-/m1/s1. The first-order valence-corrected chi connectivity index (χ1v) is 8.12. The van der Waals surface area contributed by atoms with Gasteiger partial charge in [0.25, 0.3) is 0 Å². The lowest BCUT2D eigenvalue weighted by molar-refractivity contribution is -0.122. The van der Waals surface area contributed by atoms with Crippen LogP contribution in [0.2, 0.25) is 5.02 Å². The summed E-state index contributed by atoms with van der Waals surface area (Å²) in [4.78, 5) is 27.8. The summed E-state index contributed by atoms with van der Waals surface area (Å²) >= 11 is 5.96. The second-order valence-corrected chi connectivity index (χ2v) is 5.93. The maximum absolute atomic E-state index is 12.5. The van der Waals surface area contributed by atoms with E-state index in [-0.39, 0.29) is 18.5 Å². The molecule has 1 atom stereocenters. The number of rotatable bonds is 5. The Morgan fingerprint density at radius 1 is 1.04 bits per heavy atom. The summed E-state index contributed by atoms with van der Waals surface area (Å²) in [5.74, 6) is -0.279. The van der Waals surface area contributed by atoms with Gasteiger partial charge in [-0.1, -0.05) is 54.1 Å². The zero-order chi connectivity index (χ0) is 17.6. The van der Waals surface area contributed by atoms with E-state index in [9.17, 15) is 9.59 Å². The molecular formula is C19H16ClN3O2. The fourth-order valence-corrected chi connectivity index (χ4v) is 2.65. The third-order valence-electron chi connectivity index (χ3n) is 3.74. The fraction of sp³-hybridized carbons (Fsp3) is 0.105. The minimum Gasteiger partial charge on any atom is -0.344 e. The zero-order valence-corrected chi connectivity index (χ0v) is 14.1. The van der Waals surface area contributed by atoms with E-state index < -0.39 is 5.69 Å². The van der Waals surface area contributed by atoms with Gasteiger partial charge in [0.15, 0.2) is 0 Å². The van der Waals surface area contributed by atoms with Gasteiger partial charge >= 0.3 is 5.69 Å². The van der Waals surface area contributed by atoms with E-state index in [0.29, 0.717) is 5.02 Å². The quantitative estimate of drug-likeness (QED) is 0.767. The highest BCUT2D eigenvalue weighted by atomic mass is 35.5. The Hall–Kier alpha value is -2.92. The molecule has 3 aromatic rings. The normalized spacial score (nSPS) is 11.7. The first kappa shape index (κ1) is 16.9.